The molecule has 0 aromatic carbocycles. The number of nitrogens with two attached hydrogens (primary N) is 1. The third kappa shape index (κ3) is 5.95. The molecule has 1 atom stereocenters. The van der Waals surface area contributed by atoms with Gasteiger partial charge < -0.3 is 10.6 Å². The topological polar surface area (TPSA) is 53.0 Å². The van der Waals surface area contributed by atoms with Crippen molar-refractivity contribution in [3.05, 3.63) is 0 Å². The number of hydrogen-bond donors (Lipinski definition) is 1. The molecule has 14 heavy (non-hydrogen) atoms. The van der Waals surface area contributed by atoms with Crippen molar-refractivity contribution in [2.45, 2.75) is 39.7 Å². The lowest BCUT2D eigenvalue weighted by Gasteiger charge is -2.25. The monoisotopic (exact) mass is 197 g/mol. The van der Waals surface area contributed by atoms with Gasteiger partial charge in [-0.15, -0.1) is 0 Å². The largest absolute Gasteiger partial charge is 0.314 e. The van der Waals surface area contributed by atoms with Crippen LogP contribution in [0.4, 0.5) is 0 Å². The van der Waals surface area contributed by atoms with Gasteiger partial charge in [0.15, 0.2) is 0 Å². The summed E-state index contributed by atoms with van der Waals surface area (Å²) in [6.45, 7) is 11.4. The third-order valence-electron chi connectivity index (χ3n) is 2.27. The quantitative estimate of drug-likeness (QED) is 0.703. The first-order valence-corrected chi connectivity index (χ1v) is 5.33. The first-order chi connectivity index (χ1) is 6.41. The minimum Gasteiger partial charge on any atom is -0.314 e. The predicted octanol–water partition coefficient (Wildman–Crippen LogP) is 1.60. The number of hydrogen-bond acceptors (Lipinski definition) is 3. The highest BCUT2D eigenvalue weighted by molar-refractivity contribution is 5.01. The SMILES string of the molecule is CCN(CCC(C)(N)C#N)CC(C)C. The molecule has 0 aromatic rings. The summed E-state index contributed by atoms with van der Waals surface area (Å²) in [5, 5.41) is 8.77. The van der Waals surface area contributed by atoms with Crippen LogP contribution in [0, 0.1) is 17.2 Å². The van der Waals surface area contributed by atoms with Crippen LogP contribution in [0.1, 0.15) is 34.1 Å². The minimum absolute atomic E-state index is 0.668. The average Bonchev–Trinajstić information content (AvgIpc) is 2.12. The zero-order chi connectivity index (χ0) is 11.2. The van der Waals surface area contributed by atoms with Crippen molar-refractivity contribution < 1.29 is 0 Å². The lowest BCUT2D eigenvalue weighted by atomic mass is 10.0. The van der Waals surface area contributed by atoms with Gasteiger partial charge in [0.2, 0.25) is 0 Å². The Morgan fingerprint density at radius 2 is 2.07 bits per heavy atom. The van der Waals surface area contributed by atoms with Crippen molar-refractivity contribution >= 4 is 0 Å². The molecule has 0 rings (SSSR count). The summed E-state index contributed by atoms with van der Waals surface area (Å²) in [7, 11) is 0. The summed E-state index contributed by atoms with van der Waals surface area (Å²) in [5.74, 6) is 0.668. The van der Waals surface area contributed by atoms with Gasteiger partial charge in [0.1, 0.15) is 5.54 Å². The van der Waals surface area contributed by atoms with Crippen LogP contribution in [0.5, 0.6) is 0 Å². The molecular formula is C11H23N3. The van der Waals surface area contributed by atoms with Gasteiger partial charge in [-0.25, -0.2) is 0 Å². The highest BCUT2D eigenvalue weighted by atomic mass is 15.1. The molecule has 0 saturated carbocycles. The molecule has 0 bridgehead atoms. The summed E-state index contributed by atoms with van der Waals surface area (Å²) >= 11 is 0. The molecule has 1 unspecified atom stereocenters. The lowest BCUT2D eigenvalue weighted by Crippen LogP contribution is -2.39. The second-order valence-electron chi connectivity index (χ2n) is 4.57. The summed E-state index contributed by atoms with van der Waals surface area (Å²) in [5.41, 5.74) is 5.09. The molecule has 0 radical (unpaired) electrons. The normalized spacial score (nSPS) is 15.6. The first kappa shape index (κ1) is 13.4. The molecule has 0 heterocycles. The molecular weight excluding hydrogens is 174 g/mol. The highest BCUT2D eigenvalue weighted by Crippen LogP contribution is 2.07. The fourth-order valence-corrected chi connectivity index (χ4v) is 1.34. The van der Waals surface area contributed by atoms with E-state index < -0.39 is 5.54 Å². The predicted molar refractivity (Wildman–Crippen MR) is 59.8 cm³/mol. The lowest BCUT2D eigenvalue weighted by molar-refractivity contribution is 0.241. The van der Waals surface area contributed by atoms with Crippen molar-refractivity contribution in [3.63, 3.8) is 0 Å². The number of nitrogens with zero attached hydrogens (tertiary/aromatic N) is 2. The Bertz CT molecular complexity index is 191. The van der Waals surface area contributed by atoms with E-state index in [0.717, 1.165) is 26.1 Å². The average molecular weight is 197 g/mol. The Balaban J connectivity index is 3.91. The van der Waals surface area contributed by atoms with E-state index in [2.05, 4.69) is 31.7 Å². The minimum atomic E-state index is -0.676. The molecule has 3 nitrogen and oxygen atoms in total. The smallest absolute Gasteiger partial charge is 0.102 e. The molecule has 0 aliphatic rings. The maximum atomic E-state index is 8.77. The van der Waals surface area contributed by atoms with E-state index in [1.54, 1.807) is 6.92 Å². The fraction of sp³-hybridized carbons (Fsp3) is 0.909. The summed E-state index contributed by atoms with van der Waals surface area (Å²) in [4.78, 5) is 2.34. The second-order valence-corrected chi connectivity index (χ2v) is 4.57. The maximum Gasteiger partial charge on any atom is 0.102 e. The van der Waals surface area contributed by atoms with Crippen molar-refractivity contribution in [2.75, 3.05) is 19.6 Å². The highest BCUT2D eigenvalue weighted by Gasteiger charge is 2.18. The van der Waals surface area contributed by atoms with Gasteiger partial charge >= 0.3 is 0 Å². The van der Waals surface area contributed by atoms with E-state index in [-0.39, 0.29) is 0 Å². The molecule has 0 saturated heterocycles. The van der Waals surface area contributed by atoms with Crippen LogP contribution in [0.2, 0.25) is 0 Å². The Kier molecular flexibility index (Phi) is 5.75. The van der Waals surface area contributed by atoms with E-state index >= 15 is 0 Å². The Morgan fingerprint density at radius 1 is 1.50 bits per heavy atom. The van der Waals surface area contributed by atoms with E-state index in [9.17, 15) is 0 Å². The molecule has 0 spiro atoms. The first-order valence-electron chi connectivity index (χ1n) is 5.33. The molecule has 3 heteroatoms. The van der Waals surface area contributed by atoms with Gasteiger partial charge in [0.05, 0.1) is 6.07 Å². The van der Waals surface area contributed by atoms with Crippen molar-refractivity contribution in [2.24, 2.45) is 11.7 Å². The number of rotatable bonds is 6. The molecule has 0 aliphatic heterocycles. The van der Waals surface area contributed by atoms with Gasteiger partial charge in [0, 0.05) is 13.1 Å². The van der Waals surface area contributed by atoms with Crippen LogP contribution in [0.15, 0.2) is 0 Å². The Labute approximate surface area is 87.9 Å². The molecule has 0 fully saturated rings. The second kappa shape index (κ2) is 6.00. The van der Waals surface area contributed by atoms with Crippen LogP contribution < -0.4 is 5.73 Å². The van der Waals surface area contributed by atoms with E-state index in [1.165, 1.54) is 0 Å². The zero-order valence-corrected chi connectivity index (χ0v) is 9.88. The number of nitriles is 1. The third-order valence-corrected chi connectivity index (χ3v) is 2.27. The molecule has 82 valence electrons. The van der Waals surface area contributed by atoms with Crippen LogP contribution in [-0.4, -0.2) is 30.1 Å². The van der Waals surface area contributed by atoms with Gasteiger partial charge in [-0.1, -0.05) is 20.8 Å². The zero-order valence-electron chi connectivity index (χ0n) is 9.88. The van der Waals surface area contributed by atoms with Crippen LogP contribution in [0.25, 0.3) is 0 Å². The maximum absolute atomic E-state index is 8.77. The van der Waals surface area contributed by atoms with E-state index in [4.69, 9.17) is 11.0 Å². The fourth-order valence-electron chi connectivity index (χ4n) is 1.34. The van der Waals surface area contributed by atoms with E-state index in [0.29, 0.717) is 5.92 Å². The van der Waals surface area contributed by atoms with Crippen LogP contribution >= 0.6 is 0 Å². The van der Waals surface area contributed by atoms with Crippen LogP contribution in [-0.2, 0) is 0 Å². The van der Waals surface area contributed by atoms with Gasteiger partial charge in [-0.05, 0) is 25.8 Å². The van der Waals surface area contributed by atoms with Gasteiger partial charge in [0.25, 0.3) is 0 Å². The standard InChI is InChI=1S/C11H23N3/c1-5-14(8-10(2)3)7-6-11(4,13)9-12/h10H,5-8,13H2,1-4H3. The van der Waals surface area contributed by atoms with Crippen molar-refractivity contribution in [1.82, 2.24) is 4.90 Å². The summed E-state index contributed by atoms with van der Waals surface area (Å²) in [6, 6.07) is 2.13. The summed E-state index contributed by atoms with van der Waals surface area (Å²) in [6.07, 6.45) is 0.740. The Morgan fingerprint density at radius 3 is 2.43 bits per heavy atom. The molecule has 2 N–H and O–H groups in total. The van der Waals surface area contributed by atoms with Crippen molar-refractivity contribution in [3.8, 4) is 6.07 Å². The van der Waals surface area contributed by atoms with Crippen LogP contribution in [0.3, 0.4) is 0 Å². The van der Waals surface area contributed by atoms with Crippen molar-refractivity contribution in [1.29, 1.82) is 5.26 Å². The van der Waals surface area contributed by atoms with E-state index in [1.807, 2.05) is 0 Å². The van der Waals surface area contributed by atoms with Gasteiger partial charge in [-0.2, -0.15) is 5.26 Å². The summed E-state index contributed by atoms with van der Waals surface area (Å²) < 4.78 is 0. The molecule has 0 aliphatic carbocycles. The van der Waals surface area contributed by atoms with Gasteiger partial charge in [-0.3, -0.25) is 0 Å². The molecule has 0 amide bonds. The Hall–Kier alpha value is -0.590. The molecule has 0 aromatic heterocycles.